The molecule has 1 aliphatic heterocycles. The van der Waals surface area contributed by atoms with E-state index in [4.69, 9.17) is 4.74 Å². The maximum Gasteiger partial charge on any atom is 0.248 e. The largest absolute Gasteiger partial charge is 0.497 e. The van der Waals surface area contributed by atoms with E-state index in [2.05, 4.69) is 32.2 Å². The van der Waals surface area contributed by atoms with E-state index in [9.17, 15) is 4.79 Å². The number of methoxy groups -OCH3 is 1. The van der Waals surface area contributed by atoms with Gasteiger partial charge in [-0.05, 0) is 41.5 Å². The van der Waals surface area contributed by atoms with Crippen LogP contribution < -0.4 is 15.0 Å². The van der Waals surface area contributed by atoms with Crippen LogP contribution in [0.1, 0.15) is 11.1 Å². The van der Waals surface area contributed by atoms with Gasteiger partial charge in [0.1, 0.15) is 11.6 Å². The molecule has 0 saturated carbocycles. The summed E-state index contributed by atoms with van der Waals surface area (Å²) < 4.78 is 5.23. The molecule has 0 atom stereocenters. The molecule has 0 bridgehead atoms. The number of aromatic nitrogens is 1. The number of rotatable bonds is 7. The normalized spacial score (nSPS) is 14.5. The number of hydrogen-bond donors (Lipinski definition) is 1. The zero-order valence-corrected chi connectivity index (χ0v) is 18.3. The summed E-state index contributed by atoms with van der Waals surface area (Å²) in [6.07, 6.45) is 5.04. The van der Waals surface area contributed by atoms with Crippen LogP contribution in [0.5, 0.6) is 5.75 Å². The molecule has 1 amide bonds. The van der Waals surface area contributed by atoms with E-state index in [-0.39, 0.29) is 5.91 Å². The number of nitrogens with one attached hydrogen (secondary N) is 1. The lowest BCUT2D eigenvalue weighted by atomic mass is 10.2. The number of nitrogens with zero attached hydrogens (tertiary/aromatic N) is 3. The van der Waals surface area contributed by atoms with Crippen molar-refractivity contribution < 1.29 is 9.53 Å². The van der Waals surface area contributed by atoms with Crippen LogP contribution in [0.15, 0.2) is 79.0 Å². The number of carbonyl (C=O) groups is 1. The highest BCUT2D eigenvalue weighted by Gasteiger charge is 2.18. The van der Waals surface area contributed by atoms with Crippen molar-refractivity contribution in [1.29, 1.82) is 0 Å². The van der Waals surface area contributed by atoms with Gasteiger partial charge in [0.15, 0.2) is 0 Å². The Hall–Kier alpha value is -3.64. The van der Waals surface area contributed by atoms with Crippen molar-refractivity contribution in [1.82, 2.24) is 9.88 Å². The van der Waals surface area contributed by atoms with Crippen LogP contribution in [-0.2, 0) is 11.3 Å². The fraction of sp³-hybridized carbons (Fsp3) is 0.231. The topological polar surface area (TPSA) is 57.7 Å². The Morgan fingerprint density at radius 1 is 1.00 bits per heavy atom. The third-order valence-corrected chi connectivity index (χ3v) is 5.50. The fourth-order valence-corrected chi connectivity index (χ4v) is 3.69. The highest BCUT2D eigenvalue weighted by atomic mass is 16.5. The molecule has 1 aliphatic rings. The van der Waals surface area contributed by atoms with Gasteiger partial charge in [0.25, 0.3) is 0 Å². The lowest BCUT2D eigenvalue weighted by Gasteiger charge is -2.35. The summed E-state index contributed by atoms with van der Waals surface area (Å²) in [5.41, 5.74) is 2.97. The van der Waals surface area contributed by atoms with E-state index in [1.165, 1.54) is 11.6 Å². The molecular weight excluding hydrogens is 400 g/mol. The Balaban J connectivity index is 1.25. The summed E-state index contributed by atoms with van der Waals surface area (Å²) >= 11 is 0. The molecule has 2 aromatic carbocycles. The minimum Gasteiger partial charge on any atom is -0.497 e. The SMILES string of the molecule is COc1ccc(CN2CCN(c3ccc(NC(=O)C=Cc4ccccc4)cn3)CC2)cc1. The average Bonchev–Trinajstić information content (AvgIpc) is 2.85. The van der Waals surface area contributed by atoms with Crippen molar-refractivity contribution in [2.45, 2.75) is 6.54 Å². The van der Waals surface area contributed by atoms with Crippen molar-refractivity contribution in [2.24, 2.45) is 0 Å². The molecule has 2 heterocycles. The molecule has 4 rings (SSSR count). The summed E-state index contributed by atoms with van der Waals surface area (Å²) in [5, 5.41) is 2.86. The number of hydrogen-bond acceptors (Lipinski definition) is 5. The van der Waals surface area contributed by atoms with Crippen molar-refractivity contribution in [3.8, 4) is 5.75 Å². The molecule has 1 N–H and O–H groups in total. The zero-order valence-electron chi connectivity index (χ0n) is 18.3. The van der Waals surface area contributed by atoms with Crippen LogP contribution in [0.3, 0.4) is 0 Å². The third-order valence-electron chi connectivity index (χ3n) is 5.50. The van der Waals surface area contributed by atoms with Gasteiger partial charge in [-0.2, -0.15) is 0 Å². The molecule has 0 unspecified atom stereocenters. The molecule has 0 radical (unpaired) electrons. The number of amides is 1. The zero-order chi connectivity index (χ0) is 22.2. The third kappa shape index (κ3) is 5.95. The Morgan fingerprint density at radius 2 is 1.75 bits per heavy atom. The van der Waals surface area contributed by atoms with Gasteiger partial charge in [-0.25, -0.2) is 4.98 Å². The molecular formula is C26H28N4O2. The summed E-state index contributed by atoms with van der Waals surface area (Å²) in [6, 6.07) is 21.9. The number of benzene rings is 2. The maximum absolute atomic E-state index is 12.1. The molecule has 1 saturated heterocycles. The minimum atomic E-state index is -0.171. The van der Waals surface area contributed by atoms with Crippen LogP contribution in [0.4, 0.5) is 11.5 Å². The fourth-order valence-electron chi connectivity index (χ4n) is 3.69. The molecule has 1 aromatic heterocycles. The molecule has 6 nitrogen and oxygen atoms in total. The Morgan fingerprint density at radius 3 is 2.41 bits per heavy atom. The van der Waals surface area contributed by atoms with E-state index in [0.29, 0.717) is 5.69 Å². The van der Waals surface area contributed by atoms with Crippen molar-refractivity contribution >= 4 is 23.5 Å². The van der Waals surface area contributed by atoms with Gasteiger partial charge in [0.2, 0.25) is 5.91 Å². The molecule has 164 valence electrons. The standard InChI is InChI=1S/C26H28N4O2/c1-32-24-11-7-22(8-12-24)20-29-15-17-30(18-16-29)25-13-10-23(19-27-25)28-26(31)14-9-21-5-3-2-4-6-21/h2-14,19H,15-18,20H2,1H3,(H,28,31). The average molecular weight is 429 g/mol. The van der Waals surface area contributed by atoms with Crippen LogP contribution in [-0.4, -0.2) is 49.1 Å². The van der Waals surface area contributed by atoms with Gasteiger partial charge in [-0.3, -0.25) is 9.69 Å². The molecule has 3 aromatic rings. The second kappa shape index (κ2) is 10.6. The van der Waals surface area contributed by atoms with Crippen LogP contribution in [0, 0.1) is 0 Å². The first-order chi connectivity index (χ1) is 15.7. The maximum atomic E-state index is 12.1. The van der Waals surface area contributed by atoms with E-state index < -0.39 is 0 Å². The number of ether oxygens (including phenoxy) is 1. The van der Waals surface area contributed by atoms with Gasteiger partial charge in [0.05, 0.1) is 19.0 Å². The number of piperazine rings is 1. The Kier molecular flexibility index (Phi) is 7.15. The lowest BCUT2D eigenvalue weighted by Crippen LogP contribution is -2.46. The highest BCUT2D eigenvalue weighted by Crippen LogP contribution is 2.18. The minimum absolute atomic E-state index is 0.171. The van der Waals surface area contributed by atoms with E-state index in [0.717, 1.165) is 49.9 Å². The summed E-state index contributed by atoms with van der Waals surface area (Å²) in [4.78, 5) is 21.4. The second-order valence-electron chi connectivity index (χ2n) is 7.75. The molecule has 6 heteroatoms. The number of anilines is 2. The van der Waals surface area contributed by atoms with Crippen LogP contribution in [0.25, 0.3) is 6.08 Å². The van der Waals surface area contributed by atoms with Crippen LogP contribution in [0.2, 0.25) is 0 Å². The van der Waals surface area contributed by atoms with E-state index in [1.54, 1.807) is 19.4 Å². The van der Waals surface area contributed by atoms with E-state index in [1.807, 2.05) is 54.6 Å². The predicted molar refractivity (Wildman–Crippen MR) is 129 cm³/mol. The van der Waals surface area contributed by atoms with Gasteiger partial charge in [-0.1, -0.05) is 42.5 Å². The first-order valence-electron chi connectivity index (χ1n) is 10.8. The Labute approximate surface area is 189 Å². The van der Waals surface area contributed by atoms with Crippen molar-refractivity contribution in [2.75, 3.05) is 43.5 Å². The quantitative estimate of drug-likeness (QED) is 0.575. The first-order valence-corrected chi connectivity index (χ1v) is 10.8. The molecule has 1 fully saturated rings. The van der Waals surface area contributed by atoms with Gasteiger partial charge < -0.3 is 15.0 Å². The highest BCUT2D eigenvalue weighted by molar-refractivity contribution is 6.01. The monoisotopic (exact) mass is 428 g/mol. The van der Waals surface area contributed by atoms with Crippen LogP contribution >= 0.6 is 0 Å². The van der Waals surface area contributed by atoms with Gasteiger partial charge in [0, 0.05) is 38.8 Å². The predicted octanol–water partition coefficient (Wildman–Crippen LogP) is 4.06. The first kappa shape index (κ1) is 21.6. The summed E-state index contributed by atoms with van der Waals surface area (Å²) in [5.74, 6) is 1.65. The van der Waals surface area contributed by atoms with E-state index >= 15 is 0 Å². The van der Waals surface area contributed by atoms with Crippen molar-refractivity contribution in [3.63, 3.8) is 0 Å². The lowest BCUT2D eigenvalue weighted by molar-refractivity contribution is -0.111. The number of pyridine rings is 1. The molecule has 32 heavy (non-hydrogen) atoms. The van der Waals surface area contributed by atoms with Gasteiger partial charge >= 0.3 is 0 Å². The Bertz CT molecular complexity index is 1030. The summed E-state index contributed by atoms with van der Waals surface area (Å²) in [7, 11) is 1.69. The summed E-state index contributed by atoms with van der Waals surface area (Å²) in [6.45, 7) is 4.75. The molecule has 0 spiro atoms. The van der Waals surface area contributed by atoms with Crippen molar-refractivity contribution in [3.05, 3.63) is 90.1 Å². The number of carbonyl (C=O) groups excluding carboxylic acids is 1. The van der Waals surface area contributed by atoms with Gasteiger partial charge in [-0.15, -0.1) is 0 Å². The molecule has 0 aliphatic carbocycles. The smallest absolute Gasteiger partial charge is 0.248 e. The second-order valence-corrected chi connectivity index (χ2v) is 7.75.